The first-order valence-electron chi connectivity index (χ1n) is 6.35. The Bertz CT molecular complexity index is 258. The smallest absolute Gasteiger partial charge is 0.320 e. The van der Waals surface area contributed by atoms with Gasteiger partial charge in [-0.2, -0.15) is 0 Å². The number of hydrogen-bond donors (Lipinski definition) is 1. The van der Waals surface area contributed by atoms with Crippen molar-refractivity contribution in [3.63, 3.8) is 0 Å². The van der Waals surface area contributed by atoms with Gasteiger partial charge in [-0.15, -0.1) is 24.8 Å². The van der Waals surface area contributed by atoms with Crippen molar-refractivity contribution < 1.29 is 9.90 Å². The fourth-order valence-corrected chi connectivity index (χ4v) is 2.98. The molecule has 0 aromatic heterocycles. The lowest BCUT2D eigenvalue weighted by Gasteiger charge is -2.42. The Hall–Kier alpha value is -0.0300. The van der Waals surface area contributed by atoms with Crippen LogP contribution in [-0.4, -0.2) is 59.6 Å². The van der Waals surface area contributed by atoms with Gasteiger partial charge in [0.2, 0.25) is 0 Å². The standard InChI is InChI=1S/C12H22N2O2.2ClH/c1-13-8-5-10(6-9-13)14-7-3-2-4-11(14)12(15)16;;/h10-11H,2-9H2,1H3,(H,15,16);2*1H/t11-;;/m1../s1. The third-order valence-corrected chi connectivity index (χ3v) is 3.99. The number of nitrogens with zero attached hydrogens (tertiary/aromatic N) is 2. The van der Waals surface area contributed by atoms with E-state index in [4.69, 9.17) is 0 Å². The maximum absolute atomic E-state index is 11.2. The van der Waals surface area contributed by atoms with Crippen molar-refractivity contribution in [3.8, 4) is 0 Å². The van der Waals surface area contributed by atoms with E-state index in [9.17, 15) is 9.90 Å². The van der Waals surface area contributed by atoms with Gasteiger partial charge >= 0.3 is 5.97 Å². The summed E-state index contributed by atoms with van der Waals surface area (Å²) >= 11 is 0. The number of likely N-dealkylation sites (tertiary alicyclic amines) is 2. The summed E-state index contributed by atoms with van der Waals surface area (Å²) < 4.78 is 0. The highest BCUT2D eigenvalue weighted by molar-refractivity contribution is 5.85. The van der Waals surface area contributed by atoms with Crippen molar-refractivity contribution in [1.82, 2.24) is 9.80 Å². The Morgan fingerprint density at radius 1 is 1.06 bits per heavy atom. The molecule has 108 valence electrons. The molecule has 0 amide bonds. The minimum absolute atomic E-state index is 0. The van der Waals surface area contributed by atoms with E-state index < -0.39 is 5.97 Å². The molecule has 0 radical (unpaired) electrons. The summed E-state index contributed by atoms with van der Waals surface area (Å²) in [4.78, 5) is 15.8. The second-order valence-corrected chi connectivity index (χ2v) is 5.12. The van der Waals surface area contributed by atoms with Crippen LogP contribution in [0.1, 0.15) is 32.1 Å². The predicted octanol–water partition coefficient (Wildman–Crippen LogP) is 1.86. The number of carbonyl (C=O) groups is 1. The number of aliphatic carboxylic acids is 1. The van der Waals surface area contributed by atoms with Crippen LogP contribution in [0.2, 0.25) is 0 Å². The van der Waals surface area contributed by atoms with Gasteiger partial charge in [0.1, 0.15) is 6.04 Å². The van der Waals surface area contributed by atoms with Gasteiger partial charge in [-0.25, -0.2) is 0 Å². The van der Waals surface area contributed by atoms with Gasteiger partial charge in [0.05, 0.1) is 0 Å². The Morgan fingerprint density at radius 3 is 2.22 bits per heavy atom. The Balaban J connectivity index is 0.00000144. The molecule has 2 fully saturated rings. The third kappa shape index (κ3) is 4.26. The van der Waals surface area contributed by atoms with Crippen LogP contribution in [0.5, 0.6) is 0 Å². The molecule has 0 bridgehead atoms. The van der Waals surface area contributed by atoms with E-state index in [0.29, 0.717) is 6.04 Å². The first kappa shape index (κ1) is 18.0. The summed E-state index contributed by atoms with van der Waals surface area (Å²) in [7, 11) is 2.14. The van der Waals surface area contributed by atoms with Crippen LogP contribution in [-0.2, 0) is 4.79 Å². The summed E-state index contributed by atoms with van der Waals surface area (Å²) in [6.45, 7) is 3.19. The molecule has 2 saturated heterocycles. The molecular weight excluding hydrogens is 275 g/mol. The zero-order valence-electron chi connectivity index (χ0n) is 10.9. The summed E-state index contributed by atoms with van der Waals surface area (Å²) in [5.74, 6) is -0.626. The van der Waals surface area contributed by atoms with Crippen molar-refractivity contribution in [2.45, 2.75) is 44.2 Å². The van der Waals surface area contributed by atoms with Crippen molar-refractivity contribution in [3.05, 3.63) is 0 Å². The molecule has 2 aliphatic rings. The molecule has 2 aliphatic heterocycles. The maximum Gasteiger partial charge on any atom is 0.320 e. The minimum Gasteiger partial charge on any atom is -0.480 e. The molecule has 4 nitrogen and oxygen atoms in total. The SMILES string of the molecule is CN1CCC(N2CCCC[C@@H]2C(=O)O)CC1.Cl.Cl. The van der Waals surface area contributed by atoms with Crippen LogP contribution in [0.4, 0.5) is 0 Å². The van der Waals surface area contributed by atoms with Crippen LogP contribution in [0.3, 0.4) is 0 Å². The van der Waals surface area contributed by atoms with Gasteiger partial charge in [-0.1, -0.05) is 6.42 Å². The van der Waals surface area contributed by atoms with E-state index in [1.54, 1.807) is 0 Å². The number of piperidine rings is 2. The van der Waals surface area contributed by atoms with E-state index >= 15 is 0 Å². The number of rotatable bonds is 2. The van der Waals surface area contributed by atoms with Crippen molar-refractivity contribution in [1.29, 1.82) is 0 Å². The van der Waals surface area contributed by atoms with Crippen molar-refractivity contribution >= 4 is 30.8 Å². The monoisotopic (exact) mass is 298 g/mol. The molecular formula is C12H24Cl2N2O2. The highest BCUT2D eigenvalue weighted by Gasteiger charge is 2.34. The predicted molar refractivity (Wildman–Crippen MR) is 77.0 cm³/mol. The van der Waals surface area contributed by atoms with E-state index in [1.165, 1.54) is 0 Å². The van der Waals surface area contributed by atoms with Crippen molar-refractivity contribution in [2.24, 2.45) is 0 Å². The van der Waals surface area contributed by atoms with Crippen LogP contribution >= 0.6 is 24.8 Å². The summed E-state index contributed by atoms with van der Waals surface area (Å²) in [5.41, 5.74) is 0. The van der Waals surface area contributed by atoms with Gasteiger partial charge in [0, 0.05) is 6.04 Å². The largest absolute Gasteiger partial charge is 0.480 e. The molecule has 6 heteroatoms. The Labute approximate surface area is 122 Å². The van der Waals surface area contributed by atoms with Crippen LogP contribution in [0.15, 0.2) is 0 Å². The van der Waals surface area contributed by atoms with Crippen LogP contribution in [0.25, 0.3) is 0 Å². The maximum atomic E-state index is 11.2. The second kappa shape index (κ2) is 8.20. The van der Waals surface area contributed by atoms with E-state index in [-0.39, 0.29) is 30.9 Å². The summed E-state index contributed by atoms with van der Waals surface area (Å²) in [5, 5.41) is 9.24. The zero-order chi connectivity index (χ0) is 11.5. The minimum atomic E-state index is -0.626. The molecule has 0 aromatic rings. The Morgan fingerprint density at radius 2 is 1.67 bits per heavy atom. The molecule has 1 atom stereocenters. The quantitative estimate of drug-likeness (QED) is 0.845. The highest BCUT2D eigenvalue weighted by atomic mass is 35.5. The molecule has 0 unspecified atom stereocenters. The van der Waals surface area contributed by atoms with Gasteiger partial charge in [0.25, 0.3) is 0 Å². The normalized spacial score (nSPS) is 27.1. The molecule has 0 aromatic carbocycles. The molecule has 2 heterocycles. The van der Waals surface area contributed by atoms with Crippen molar-refractivity contribution in [2.75, 3.05) is 26.7 Å². The van der Waals surface area contributed by atoms with Crippen LogP contribution in [0, 0.1) is 0 Å². The third-order valence-electron chi connectivity index (χ3n) is 3.99. The highest BCUT2D eigenvalue weighted by Crippen LogP contribution is 2.25. The first-order valence-corrected chi connectivity index (χ1v) is 6.35. The summed E-state index contributed by atoms with van der Waals surface area (Å²) in [6.07, 6.45) is 5.32. The van der Waals surface area contributed by atoms with Gasteiger partial charge in [-0.3, -0.25) is 9.69 Å². The first-order chi connectivity index (χ1) is 7.68. The molecule has 1 N–H and O–H groups in total. The lowest BCUT2D eigenvalue weighted by atomic mass is 9.95. The van der Waals surface area contributed by atoms with Gasteiger partial charge < -0.3 is 10.0 Å². The fourth-order valence-electron chi connectivity index (χ4n) is 2.98. The summed E-state index contributed by atoms with van der Waals surface area (Å²) in [6, 6.07) is 0.278. The number of hydrogen-bond acceptors (Lipinski definition) is 3. The number of carboxylic acid groups (broad SMARTS) is 1. The lowest BCUT2D eigenvalue weighted by molar-refractivity contribution is -0.146. The number of carboxylic acids is 1. The second-order valence-electron chi connectivity index (χ2n) is 5.12. The van der Waals surface area contributed by atoms with E-state index in [1.807, 2.05) is 0 Å². The number of halogens is 2. The van der Waals surface area contributed by atoms with E-state index in [0.717, 1.165) is 51.7 Å². The zero-order valence-corrected chi connectivity index (χ0v) is 12.5. The Kier molecular flexibility index (Phi) is 8.19. The van der Waals surface area contributed by atoms with Crippen LogP contribution < -0.4 is 0 Å². The topological polar surface area (TPSA) is 43.8 Å². The molecule has 0 aliphatic carbocycles. The van der Waals surface area contributed by atoms with Gasteiger partial charge in [-0.05, 0) is 52.4 Å². The van der Waals surface area contributed by atoms with E-state index in [2.05, 4.69) is 16.8 Å². The molecule has 18 heavy (non-hydrogen) atoms. The molecule has 0 spiro atoms. The molecule has 2 rings (SSSR count). The van der Waals surface area contributed by atoms with Gasteiger partial charge in [0.15, 0.2) is 0 Å². The average molecular weight is 299 g/mol. The molecule has 0 saturated carbocycles. The average Bonchev–Trinajstić information content (AvgIpc) is 2.30. The lowest BCUT2D eigenvalue weighted by Crippen LogP contribution is -2.53. The fraction of sp³-hybridized carbons (Fsp3) is 0.917.